The van der Waals surface area contributed by atoms with Crippen molar-refractivity contribution in [1.29, 1.82) is 0 Å². The topological polar surface area (TPSA) is 38.3 Å². The smallest absolute Gasteiger partial charge is 0.230 e. The molecule has 1 N–H and O–H groups in total. The third kappa shape index (κ3) is 5.92. The van der Waals surface area contributed by atoms with Gasteiger partial charge in [0.25, 0.3) is 0 Å². The number of thioether (sulfide) groups is 1. The molecule has 0 radical (unpaired) electrons. The molecule has 0 heterocycles. The summed E-state index contributed by atoms with van der Waals surface area (Å²) in [5.41, 5.74) is 2.27. The number of benzene rings is 2. The van der Waals surface area contributed by atoms with E-state index in [9.17, 15) is 4.79 Å². The van der Waals surface area contributed by atoms with Gasteiger partial charge in [-0.2, -0.15) is 0 Å². The summed E-state index contributed by atoms with van der Waals surface area (Å²) in [5, 5.41) is 3.02. The maximum absolute atomic E-state index is 12.0. The number of hydrogen-bond acceptors (Lipinski definition) is 3. The summed E-state index contributed by atoms with van der Waals surface area (Å²) >= 11 is 5.07. The van der Waals surface area contributed by atoms with Crippen molar-refractivity contribution in [2.45, 2.75) is 18.7 Å². The van der Waals surface area contributed by atoms with Crippen LogP contribution in [0.3, 0.4) is 0 Å². The molecule has 122 valence electrons. The van der Waals surface area contributed by atoms with Crippen molar-refractivity contribution in [2.75, 3.05) is 12.9 Å². The molecule has 5 heteroatoms. The Kier molecular flexibility index (Phi) is 6.99. The second-order valence-corrected chi connectivity index (χ2v) is 7.09. The zero-order chi connectivity index (χ0) is 16.7. The van der Waals surface area contributed by atoms with E-state index in [1.165, 1.54) is 5.56 Å². The molecule has 0 bridgehead atoms. The first kappa shape index (κ1) is 17.9. The van der Waals surface area contributed by atoms with Crippen LogP contribution >= 0.6 is 27.7 Å². The van der Waals surface area contributed by atoms with E-state index >= 15 is 0 Å². The van der Waals surface area contributed by atoms with Crippen molar-refractivity contribution in [3.05, 3.63) is 64.1 Å². The largest absolute Gasteiger partial charge is 0.497 e. The number of ether oxygens (including phenoxy) is 1. The number of rotatable bonds is 7. The quantitative estimate of drug-likeness (QED) is 0.748. The first-order valence-electron chi connectivity index (χ1n) is 7.34. The molecule has 2 aromatic carbocycles. The van der Waals surface area contributed by atoms with Crippen LogP contribution in [0.1, 0.15) is 24.1 Å². The molecule has 0 unspecified atom stereocenters. The van der Waals surface area contributed by atoms with Crippen molar-refractivity contribution in [1.82, 2.24) is 5.32 Å². The van der Waals surface area contributed by atoms with Crippen LogP contribution in [0.2, 0.25) is 0 Å². The summed E-state index contributed by atoms with van der Waals surface area (Å²) in [6.45, 7) is 1.98. The first-order valence-corrected chi connectivity index (χ1v) is 9.29. The monoisotopic (exact) mass is 393 g/mol. The standard InChI is InChI=1S/C18H20BrNO2S/c1-13(15-6-8-17(22-2)9-7-15)20-18(21)12-23-11-14-4-3-5-16(19)10-14/h3-10,13H,11-12H2,1-2H3,(H,20,21)/t13-/m0/s1. The molecule has 0 fully saturated rings. The lowest BCUT2D eigenvalue weighted by Gasteiger charge is -2.14. The summed E-state index contributed by atoms with van der Waals surface area (Å²) < 4.78 is 6.20. The minimum Gasteiger partial charge on any atom is -0.497 e. The van der Waals surface area contributed by atoms with Gasteiger partial charge in [0.15, 0.2) is 0 Å². The van der Waals surface area contributed by atoms with E-state index < -0.39 is 0 Å². The van der Waals surface area contributed by atoms with E-state index in [2.05, 4.69) is 33.4 Å². The van der Waals surface area contributed by atoms with Crippen LogP contribution in [-0.2, 0) is 10.5 Å². The van der Waals surface area contributed by atoms with Crippen molar-refractivity contribution in [3.63, 3.8) is 0 Å². The molecule has 0 aromatic heterocycles. The summed E-state index contributed by atoms with van der Waals surface area (Å²) in [5.74, 6) is 2.14. The molecule has 23 heavy (non-hydrogen) atoms. The van der Waals surface area contributed by atoms with E-state index in [0.29, 0.717) is 5.75 Å². The maximum atomic E-state index is 12.0. The molecule has 1 amide bonds. The Bertz CT molecular complexity index is 646. The molecule has 0 aliphatic heterocycles. The normalized spacial score (nSPS) is 11.8. The van der Waals surface area contributed by atoms with Gasteiger partial charge >= 0.3 is 0 Å². The lowest BCUT2D eigenvalue weighted by atomic mass is 10.1. The van der Waals surface area contributed by atoms with E-state index in [0.717, 1.165) is 21.5 Å². The van der Waals surface area contributed by atoms with Gasteiger partial charge in [0, 0.05) is 10.2 Å². The first-order chi connectivity index (χ1) is 11.1. The Balaban J connectivity index is 1.77. The second-order valence-electron chi connectivity index (χ2n) is 5.19. The van der Waals surface area contributed by atoms with E-state index in [1.807, 2.05) is 43.3 Å². The molecule has 0 spiro atoms. The third-order valence-electron chi connectivity index (χ3n) is 3.38. The van der Waals surface area contributed by atoms with Gasteiger partial charge in [0.2, 0.25) is 5.91 Å². The SMILES string of the molecule is COc1ccc([C@H](C)NC(=O)CSCc2cccc(Br)c2)cc1. The Morgan fingerprint density at radius 2 is 2.00 bits per heavy atom. The number of carbonyl (C=O) groups is 1. The molecule has 0 saturated carbocycles. The highest BCUT2D eigenvalue weighted by Gasteiger charge is 2.09. The number of halogens is 1. The Labute approximate surface area is 149 Å². The molecule has 3 nitrogen and oxygen atoms in total. The highest BCUT2D eigenvalue weighted by molar-refractivity contribution is 9.10. The van der Waals surface area contributed by atoms with Gasteiger partial charge in [0.1, 0.15) is 5.75 Å². The average Bonchev–Trinajstić information content (AvgIpc) is 2.55. The van der Waals surface area contributed by atoms with Crippen LogP contribution in [0, 0.1) is 0 Å². The molecular weight excluding hydrogens is 374 g/mol. The Morgan fingerprint density at radius 3 is 2.65 bits per heavy atom. The fourth-order valence-corrected chi connectivity index (χ4v) is 3.38. The van der Waals surface area contributed by atoms with Gasteiger partial charge in [-0.15, -0.1) is 11.8 Å². The van der Waals surface area contributed by atoms with Crippen molar-refractivity contribution in [2.24, 2.45) is 0 Å². The molecule has 0 aliphatic rings. The fourth-order valence-electron chi connectivity index (χ4n) is 2.15. The van der Waals surface area contributed by atoms with Gasteiger partial charge in [-0.05, 0) is 42.3 Å². The van der Waals surface area contributed by atoms with Gasteiger partial charge in [-0.25, -0.2) is 0 Å². The lowest BCUT2D eigenvalue weighted by molar-refractivity contribution is -0.119. The van der Waals surface area contributed by atoms with Crippen LogP contribution in [0.15, 0.2) is 53.0 Å². The number of carbonyl (C=O) groups excluding carboxylic acids is 1. The molecule has 0 saturated heterocycles. The highest BCUT2D eigenvalue weighted by atomic mass is 79.9. The number of hydrogen-bond donors (Lipinski definition) is 1. The molecular formula is C18H20BrNO2S. The summed E-state index contributed by atoms with van der Waals surface area (Å²) in [6, 6.07) is 15.9. The van der Waals surface area contributed by atoms with E-state index in [1.54, 1.807) is 18.9 Å². The van der Waals surface area contributed by atoms with E-state index in [4.69, 9.17) is 4.74 Å². The minimum absolute atomic E-state index is 0.0140. The van der Waals surface area contributed by atoms with Crippen LogP contribution in [0.25, 0.3) is 0 Å². The van der Waals surface area contributed by atoms with Crippen LogP contribution < -0.4 is 10.1 Å². The second kappa shape index (κ2) is 8.99. The van der Waals surface area contributed by atoms with Crippen molar-refractivity contribution >= 4 is 33.6 Å². The minimum atomic E-state index is -0.0140. The van der Waals surface area contributed by atoms with Crippen LogP contribution in [0.4, 0.5) is 0 Å². The highest BCUT2D eigenvalue weighted by Crippen LogP contribution is 2.19. The predicted molar refractivity (Wildman–Crippen MR) is 99.9 cm³/mol. The van der Waals surface area contributed by atoms with Crippen molar-refractivity contribution in [3.8, 4) is 5.75 Å². The van der Waals surface area contributed by atoms with Gasteiger partial charge < -0.3 is 10.1 Å². The molecule has 2 aromatic rings. The van der Waals surface area contributed by atoms with Crippen LogP contribution in [0.5, 0.6) is 5.75 Å². The average molecular weight is 394 g/mol. The molecule has 1 atom stereocenters. The molecule has 0 aliphatic carbocycles. The fraction of sp³-hybridized carbons (Fsp3) is 0.278. The van der Waals surface area contributed by atoms with Crippen LogP contribution in [-0.4, -0.2) is 18.8 Å². The van der Waals surface area contributed by atoms with E-state index in [-0.39, 0.29) is 11.9 Å². The molecule has 2 rings (SSSR count). The summed E-state index contributed by atoms with van der Waals surface area (Å²) in [7, 11) is 1.64. The van der Waals surface area contributed by atoms with Gasteiger partial charge in [0.05, 0.1) is 18.9 Å². The number of nitrogens with one attached hydrogen (secondary N) is 1. The maximum Gasteiger partial charge on any atom is 0.230 e. The zero-order valence-electron chi connectivity index (χ0n) is 13.2. The van der Waals surface area contributed by atoms with Crippen molar-refractivity contribution < 1.29 is 9.53 Å². The third-order valence-corrected chi connectivity index (χ3v) is 4.88. The number of methoxy groups -OCH3 is 1. The predicted octanol–water partition coefficient (Wildman–Crippen LogP) is 4.57. The Morgan fingerprint density at radius 1 is 1.26 bits per heavy atom. The summed E-state index contributed by atoms with van der Waals surface area (Å²) in [4.78, 5) is 12.0. The number of amides is 1. The summed E-state index contributed by atoms with van der Waals surface area (Å²) in [6.07, 6.45) is 0. The van der Waals surface area contributed by atoms with Gasteiger partial charge in [-0.1, -0.05) is 40.2 Å². The zero-order valence-corrected chi connectivity index (χ0v) is 15.6. The van der Waals surface area contributed by atoms with Gasteiger partial charge in [-0.3, -0.25) is 4.79 Å². The Hall–Kier alpha value is -1.46. The lowest BCUT2D eigenvalue weighted by Crippen LogP contribution is -2.28.